The summed E-state index contributed by atoms with van der Waals surface area (Å²) in [6, 6.07) is -0.404. The maximum atomic E-state index is 12.3. The number of likely N-dealkylation sites (N-methyl/N-ethyl adjacent to an activating group) is 1. The van der Waals surface area contributed by atoms with Gasteiger partial charge < -0.3 is 20.2 Å². The fourth-order valence-electron chi connectivity index (χ4n) is 1.85. The summed E-state index contributed by atoms with van der Waals surface area (Å²) in [6.45, 7) is 8.34. The van der Waals surface area contributed by atoms with Crippen molar-refractivity contribution in [3.05, 3.63) is 0 Å². The van der Waals surface area contributed by atoms with E-state index in [2.05, 4.69) is 5.32 Å². The zero-order valence-electron chi connectivity index (χ0n) is 13.5. The van der Waals surface area contributed by atoms with Crippen molar-refractivity contribution in [2.75, 3.05) is 27.2 Å². The first-order chi connectivity index (χ1) is 9.18. The van der Waals surface area contributed by atoms with E-state index in [9.17, 15) is 9.59 Å². The van der Waals surface area contributed by atoms with Crippen molar-refractivity contribution >= 4 is 12.0 Å². The Morgan fingerprint density at radius 3 is 2.10 bits per heavy atom. The summed E-state index contributed by atoms with van der Waals surface area (Å²) < 4.78 is 0. The van der Waals surface area contributed by atoms with Crippen molar-refractivity contribution in [2.45, 2.75) is 46.2 Å². The molecule has 6 heteroatoms. The van der Waals surface area contributed by atoms with Gasteiger partial charge in [-0.25, -0.2) is 4.79 Å². The van der Waals surface area contributed by atoms with Crippen LogP contribution >= 0.6 is 0 Å². The highest BCUT2D eigenvalue weighted by atomic mass is 16.4. The Hall–Kier alpha value is -1.30. The molecule has 0 aliphatic heterocycles. The first-order valence-corrected chi connectivity index (χ1v) is 7.12. The van der Waals surface area contributed by atoms with Crippen LogP contribution in [0.5, 0.6) is 0 Å². The number of carbonyl (C=O) groups excluding carboxylic acids is 1. The lowest BCUT2D eigenvalue weighted by molar-refractivity contribution is -0.138. The van der Waals surface area contributed by atoms with Crippen LogP contribution in [0.2, 0.25) is 0 Å². The number of amides is 2. The maximum absolute atomic E-state index is 12.3. The Bertz CT molecular complexity index is 319. The smallest absolute Gasteiger partial charge is 0.323 e. The van der Waals surface area contributed by atoms with Gasteiger partial charge in [0.2, 0.25) is 0 Å². The van der Waals surface area contributed by atoms with Crippen molar-refractivity contribution in [3.63, 3.8) is 0 Å². The standard InChI is InChI=1S/C14H29N3O3/c1-7-11(4)17(9-13(18)19)14(20)15-12(10(2)3)8-16(5)6/h10-12H,7-9H2,1-6H3,(H,15,20)(H,18,19). The molecule has 0 aliphatic carbocycles. The SMILES string of the molecule is CCC(C)N(CC(=O)O)C(=O)NC(CN(C)C)C(C)C. The average Bonchev–Trinajstić information content (AvgIpc) is 2.33. The predicted octanol–water partition coefficient (Wildman–Crippen LogP) is 1.47. The first kappa shape index (κ1) is 18.7. The quantitative estimate of drug-likeness (QED) is 0.709. The molecule has 118 valence electrons. The zero-order valence-corrected chi connectivity index (χ0v) is 13.5. The van der Waals surface area contributed by atoms with Gasteiger partial charge in [0.1, 0.15) is 6.54 Å². The first-order valence-electron chi connectivity index (χ1n) is 7.12. The van der Waals surface area contributed by atoms with E-state index >= 15 is 0 Å². The summed E-state index contributed by atoms with van der Waals surface area (Å²) >= 11 is 0. The molecule has 0 heterocycles. The molecule has 20 heavy (non-hydrogen) atoms. The monoisotopic (exact) mass is 287 g/mol. The Morgan fingerprint density at radius 2 is 1.75 bits per heavy atom. The minimum Gasteiger partial charge on any atom is -0.480 e. The summed E-state index contributed by atoms with van der Waals surface area (Å²) in [5.74, 6) is -0.709. The van der Waals surface area contributed by atoms with E-state index in [0.29, 0.717) is 0 Å². The lowest BCUT2D eigenvalue weighted by Crippen LogP contribution is -2.53. The molecule has 2 unspecified atom stereocenters. The van der Waals surface area contributed by atoms with Gasteiger partial charge in [0, 0.05) is 18.6 Å². The molecule has 0 aromatic heterocycles. The number of aliphatic carboxylic acids is 1. The molecule has 0 fully saturated rings. The van der Waals surface area contributed by atoms with Gasteiger partial charge in [0.25, 0.3) is 0 Å². The second-order valence-electron chi connectivity index (χ2n) is 5.84. The molecule has 2 N–H and O–H groups in total. The minimum atomic E-state index is -0.992. The summed E-state index contributed by atoms with van der Waals surface area (Å²) in [6.07, 6.45) is 0.723. The molecule has 0 aromatic rings. The van der Waals surface area contributed by atoms with Crippen molar-refractivity contribution in [3.8, 4) is 0 Å². The molecule has 0 spiro atoms. The lowest BCUT2D eigenvalue weighted by Gasteiger charge is -2.32. The van der Waals surface area contributed by atoms with Crippen LogP contribution in [0, 0.1) is 5.92 Å². The number of hydrogen-bond donors (Lipinski definition) is 2. The molecule has 0 aliphatic rings. The van der Waals surface area contributed by atoms with Gasteiger partial charge in [0.15, 0.2) is 0 Å². The number of carbonyl (C=O) groups is 2. The number of urea groups is 1. The average molecular weight is 287 g/mol. The molecule has 2 atom stereocenters. The van der Waals surface area contributed by atoms with Crippen LogP contribution in [0.4, 0.5) is 4.79 Å². The van der Waals surface area contributed by atoms with Crippen LogP contribution in [0.3, 0.4) is 0 Å². The number of rotatable bonds is 8. The number of carboxylic acid groups (broad SMARTS) is 1. The number of carboxylic acids is 1. The van der Waals surface area contributed by atoms with Gasteiger partial charge in [-0.15, -0.1) is 0 Å². The van der Waals surface area contributed by atoms with Crippen LogP contribution in [-0.4, -0.2) is 66.2 Å². The second kappa shape index (κ2) is 8.79. The van der Waals surface area contributed by atoms with E-state index in [-0.39, 0.29) is 30.6 Å². The molecule has 2 amide bonds. The van der Waals surface area contributed by atoms with Gasteiger partial charge in [-0.2, -0.15) is 0 Å². The zero-order chi connectivity index (χ0) is 15.9. The van der Waals surface area contributed by atoms with Crippen LogP contribution in [-0.2, 0) is 4.79 Å². The van der Waals surface area contributed by atoms with Gasteiger partial charge in [-0.3, -0.25) is 4.79 Å². The molecule has 6 nitrogen and oxygen atoms in total. The third-order valence-electron chi connectivity index (χ3n) is 3.36. The molecular formula is C14H29N3O3. The lowest BCUT2D eigenvalue weighted by atomic mass is 10.0. The van der Waals surface area contributed by atoms with E-state index < -0.39 is 5.97 Å². The van der Waals surface area contributed by atoms with Crippen LogP contribution < -0.4 is 5.32 Å². The van der Waals surface area contributed by atoms with E-state index in [1.54, 1.807) is 0 Å². The molecule has 0 radical (unpaired) electrons. The molecule has 0 rings (SSSR count). The fourth-order valence-corrected chi connectivity index (χ4v) is 1.85. The Kier molecular flexibility index (Phi) is 8.22. The molecular weight excluding hydrogens is 258 g/mol. The number of hydrogen-bond acceptors (Lipinski definition) is 3. The molecule has 0 aromatic carbocycles. The topological polar surface area (TPSA) is 72.9 Å². The van der Waals surface area contributed by atoms with Crippen molar-refractivity contribution in [1.82, 2.24) is 15.1 Å². The van der Waals surface area contributed by atoms with Crippen molar-refractivity contribution in [1.29, 1.82) is 0 Å². The van der Waals surface area contributed by atoms with E-state index in [1.165, 1.54) is 4.90 Å². The minimum absolute atomic E-state index is 0.00199. The molecule has 0 bridgehead atoms. The highest BCUT2D eigenvalue weighted by Gasteiger charge is 2.25. The largest absolute Gasteiger partial charge is 0.480 e. The summed E-state index contributed by atoms with van der Waals surface area (Å²) in [7, 11) is 3.90. The maximum Gasteiger partial charge on any atom is 0.323 e. The van der Waals surface area contributed by atoms with Crippen LogP contribution in [0.1, 0.15) is 34.1 Å². The van der Waals surface area contributed by atoms with E-state index in [1.807, 2.05) is 46.7 Å². The van der Waals surface area contributed by atoms with Crippen LogP contribution in [0.15, 0.2) is 0 Å². The highest BCUT2D eigenvalue weighted by Crippen LogP contribution is 2.07. The predicted molar refractivity (Wildman–Crippen MR) is 79.8 cm³/mol. The summed E-state index contributed by atoms with van der Waals surface area (Å²) in [5.41, 5.74) is 0. The van der Waals surface area contributed by atoms with Gasteiger partial charge in [0.05, 0.1) is 0 Å². The van der Waals surface area contributed by atoms with Gasteiger partial charge in [-0.1, -0.05) is 20.8 Å². The third kappa shape index (κ3) is 6.75. The Morgan fingerprint density at radius 1 is 1.20 bits per heavy atom. The third-order valence-corrected chi connectivity index (χ3v) is 3.36. The van der Waals surface area contributed by atoms with Crippen molar-refractivity contribution < 1.29 is 14.7 Å². The molecule has 0 saturated carbocycles. The summed E-state index contributed by atoms with van der Waals surface area (Å²) in [4.78, 5) is 26.6. The number of nitrogens with one attached hydrogen (secondary N) is 1. The Labute approximate surface area is 122 Å². The normalized spacial score (nSPS) is 14.2. The van der Waals surface area contributed by atoms with E-state index in [0.717, 1.165) is 13.0 Å². The van der Waals surface area contributed by atoms with Gasteiger partial charge in [-0.05, 0) is 33.4 Å². The second-order valence-corrected chi connectivity index (χ2v) is 5.84. The fraction of sp³-hybridized carbons (Fsp3) is 0.857. The highest BCUT2D eigenvalue weighted by molar-refractivity contribution is 5.80. The van der Waals surface area contributed by atoms with Crippen LogP contribution in [0.25, 0.3) is 0 Å². The molecule has 0 saturated heterocycles. The van der Waals surface area contributed by atoms with Gasteiger partial charge >= 0.3 is 12.0 Å². The Balaban J connectivity index is 4.82. The van der Waals surface area contributed by atoms with E-state index in [4.69, 9.17) is 5.11 Å². The summed E-state index contributed by atoms with van der Waals surface area (Å²) in [5, 5.41) is 11.9. The van der Waals surface area contributed by atoms with Crippen molar-refractivity contribution in [2.24, 2.45) is 5.92 Å². The number of nitrogens with zero attached hydrogens (tertiary/aromatic N) is 2.